The number of fused-ring (bicyclic) bond motifs is 1. The number of thiazole rings is 1. The summed E-state index contributed by atoms with van der Waals surface area (Å²) in [7, 11) is -3.38. The van der Waals surface area contributed by atoms with Crippen molar-refractivity contribution in [3.05, 3.63) is 118 Å². The summed E-state index contributed by atoms with van der Waals surface area (Å²) in [6.07, 6.45) is 1.05. The van der Waals surface area contributed by atoms with Crippen molar-refractivity contribution in [1.82, 2.24) is 4.98 Å². The SMILES string of the molecule is O=C(Nc1cccc(CCCS(=O)(=O)c2ccc(Cl)cc2)c1)c1cccc(SCc2nc3ccccc3s2)c1. The molecule has 9 heteroatoms. The summed E-state index contributed by atoms with van der Waals surface area (Å²) in [5.41, 5.74) is 3.21. The van der Waals surface area contributed by atoms with E-state index in [2.05, 4.69) is 16.4 Å². The normalized spacial score (nSPS) is 11.5. The van der Waals surface area contributed by atoms with E-state index in [4.69, 9.17) is 11.6 Å². The van der Waals surface area contributed by atoms with Gasteiger partial charge in [-0.3, -0.25) is 4.79 Å². The third-order valence-corrected chi connectivity index (χ3v) is 10.3. The lowest BCUT2D eigenvalue weighted by Gasteiger charge is -2.09. The number of nitrogens with zero attached hydrogens (tertiary/aromatic N) is 1. The minimum Gasteiger partial charge on any atom is -0.322 e. The molecule has 1 aromatic heterocycles. The van der Waals surface area contributed by atoms with Gasteiger partial charge in [0.25, 0.3) is 5.91 Å². The topological polar surface area (TPSA) is 76.1 Å². The summed E-state index contributed by atoms with van der Waals surface area (Å²) in [6, 6.07) is 29.4. The van der Waals surface area contributed by atoms with Crippen molar-refractivity contribution in [2.24, 2.45) is 0 Å². The van der Waals surface area contributed by atoms with Gasteiger partial charge in [-0.25, -0.2) is 13.4 Å². The number of amides is 1. The number of aromatic nitrogens is 1. The molecule has 1 heterocycles. The number of hydrogen-bond acceptors (Lipinski definition) is 6. The molecular weight excluding hydrogens is 568 g/mol. The molecule has 4 aromatic carbocycles. The smallest absolute Gasteiger partial charge is 0.255 e. The van der Waals surface area contributed by atoms with Crippen LogP contribution in [0.2, 0.25) is 5.02 Å². The number of nitrogens with one attached hydrogen (secondary N) is 1. The first-order valence-electron chi connectivity index (χ1n) is 12.3. The van der Waals surface area contributed by atoms with Gasteiger partial charge in [0, 0.05) is 21.2 Å². The Morgan fingerprint density at radius 3 is 2.54 bits per heavy atom. The van der Waals surface area contributed by atoms with Gasteiger partial charge in [-0.15, -0.1) is 23.1 Å². The predicted molar refractivity (Wildman–Crippen MR) is 162 cm³/mol. The van der Waals surface area contributed by atoms with E-state index < -0.39 is 9.84 Å². The molecule has 0 bridgehead atoms. The van der Waals surface area contributed by atoms with Crippen LogP contribution in [0.25, 0.3) is 10.2 Å². The van der Waals surface area contributed by atoms with E-state index in [0.717, 1.165) is 26.7 Å². The fourth-order valence-corrected chi connectivity index (χ4v) is 7.44. The molecule has 0 aliphatic carbocycles. The molecular formula is C30H25ClN2O3S3. The van der Waals surface area contributed by atoms with Gasteiger partial charge in [-0.2, -0.15) is 0 Å². The number of aryl methyl sites for hydroxylation is 1. The van der Waals surface area contributed by atoms with E-state index >= 15 is 0 Å². The average molecular weight is 593 g/mol. The summed E-state index contributed by atoms with van der Waals surface area (Å²) in [5, 5.41) is 4.52. The molecule has 0 spiro atoms. The first-order valence-corrected chi connectivity index (χ1v) is 16.1. The molecule has 0 aliphatic heterocycles. The van der Waals surface area contributed by atoms with Crippen LogP contribution in [0.3, 0.4) is 0 Å². The predicted octanol–water partition coefficient (Wildman–Crippen LogP) is 7.90. The summed E-state index contributed by atoms with van der Waals surface area (Å²) in [5.74, 6) is 0.576. The summed E-state index contributed by atoms with van der Waals surface area (Å²) in [6.45, 7) is 0. The van der Waals surface area contributed by atoms with Crippen LogP contribution in [-0.4, -0.2) is 25.1 Å². The Morgan fingerprint density at radius 1 is 0.923 bits per heavy atom. The molecule has 5 aromatic rings. The van der Waals surface area contributed by atoms with Gasteiger partial charge in [0.2, 0.25) is 0 Å². The number of hydrogen-bond donors (Lipinski definition) is 1. The lowest BCUT2D eigenvalue weighted by molar-refractivity contribution is 0.102. The Kier molecular flexibility index (Phi) is 8.67. The summed E-state index contributed by atoms with van der Waals surface area (Å²) in [4.78, 5) is 18.9. The largest absolute Gasteiger partial charge is 0.322 e. The Hall–Kier alpha value is -3.17. The van der Waals surface area contributed by atoms with E-state index in [1.165, 1.54) is 16.8 Å². The molecule has 5 rings (SSSR count). The lowest BCUT2D eigenvalue weighted by atomic mass is 10.1. The quantitative estimate of drug-likeness (QED) is 0.167. The molecule has 1 amide bonds. The first-order chi connectivity index (χ1) is 18.9. The van der Waals surface area contributed by atoms with Crippen molar-refractivity contribution >= 4 is 66.3 Å². The van der Waals surface area contributed by atoms with Gasteiger partial charge >= 0.3 is 0 Å². The molecule has 39 heavy (non-hydrogen) atoms. The fraction of sp³-hybridized carbons (Fsp3) is 0.133. The maximum absolute atomic E-state index is 13.0. The van der Waals surface area contributed by atoms with Crippen LogP contribution in [-0.2, 0) is 22.0 Å². The number of anilines is 1. The zero-order chi connectivity index (χ0) is 27.2. The highest BCUT2D eigenvalue weighted by Crippen LogP contribution is 2.29. The van der Waals surface area contributed by atoms with E-state index in [-0.39, 0.29) is 16.6 Å². The van der Waals surface area contributed by atoms with Gasteiger partial charge in [0.1, 0.15) is 5.01 Å². The van der Waals surface area contributed by atoms with Gasteiger partial charge in [-0.1, -0.05) is 41.9 Å². The summed E-state index contributed by atoms with van der Waals surface area (Å²) >= 11 is 9.20. The Bertz CT molecular complexity index is 1680. The van der Waals surface area contributed by atoms with Crippen LogP contribution in [0.5, 0.6) is 0 Å². The van der Waals surface area contributed by atoms with Crippen LogP contribution in [0.1, 0.15) is 27.3 Å². The Labute approximate surface area is 241 Å². The van der Waals surface area contributed by atoms with E-state index in [0.29, 0.717) is 29.1 Å². The van der Waals surface area contributed by atoms with Crippen LogP contribution in [0.4, 0.5) is 5.69 Å². The number of carbonyl (C=O) groups is 1. The number of thioether (sulfide) groups is 1. The maximum atomic E-state index is 13.0. The van der Waals surface area contributed by atoms with Crippen LogP contribution < -0.4 is 5.32 Å². The molecule has 0 unspecified atom stereocenters. The molecule has 1 N–H and O–H groups in total. The second kappa shape index (κ2) is 12.3. The van der Waals surface area contributed by atoms with Crippen LogP contribution in [0.15, 0.2) is 107 Å². The lowest BCUT2D eigenvalue weighted by Crippen LogP contribution is -2.12. The molecule has 0 fully saturated rings. The Morgan fingerprint density at radius 2 is 1.72 bits per heavy atom. The Balaban J connectivity index is 1.16. The fourth-order valence-electron chi connectivity index (χ4n) is 4.09. The molecule has 0 saturated heterocycles. The highest BCUT2D eigenvalue weighted by atomic mass is 35.5. The van der Waals surface area contributed by atoms with E-state index in [1.54, 1.807) is 41.3 Å². The van der Waals surface area contributed by atoms with Crippen molar-refractivity contribution < 1.29 is 13.2 Å². The number of carbonyl (C=O) groups excluding carboxylic acids is 1. The zero-order valence-electron chi connectivity index (χ0n) is 20.8. The molecule has 0 saturated carbocycles. The van der Waals surface area contributed by atoms with E-state index in [9.17, 15) is 13.2 Å². The molecule has 0 atom stereocenters. The minimum atomic E-state index is -3.38. The number of halogens is 1. The molecule has 5 nitrogen and oxygen atoms in total. The van der Waals surface area contributed by atoms with Crippen molar-refractivity contribution in [3.8, 4) is 0 Å². The number of para-hydroxylation sites is 1. The van der Waals surface area contributed by atoms with Crippen LogP contribution >= 0.6 is 34.7 Å². The van der Waals surface area contributed by atoms with Gasteiger partial charge in [0.15, 0.2) is 9.84 Å². The second-order valence-corrected chi connectivity index (χ2v) is 13.6. The molecule has 198 valence electrons. The van der Waals surface area contributed by atoms with Crippen molar-refractivity contribution in [1.29, 1.82) is 0 Å². The molecule has 0 aliphatic rings. The third-order valence-electron chi connectivity index (χ3n) is 6.03. The molecule has 0 radical (unpaired) electrons. The third kappa shape index (κ3) is 7.28. The number of rotatable bonds is 10. The van der Waals surface area contributed by atoms with Gasteiger partial charge in [0.05, 0.1) is 26.6 Å². The second-order valence-electron chi connectivity index (χ2n) is 8.92. The number of sulfone groups is 1. The number of benzene rings is 4. The highest BCUT2D eigenvalue weighted by Gasteiger charge is 2.14. The highest BCUT2D eigenvalue weighted by molar-refractivity contribution is 7.98. The van der Waals surface area contributed by atoms with Crippen molar-refractivity contribution in [3.63, 3.8) is 0 Å². The van der Waals surface area contributed by atoms with Gasteiger partial charge < -0.3 is 5.32 Å². The monoisotopic (exact) mass is 592 g/mol. The zero-order valence-corrected chi connectivity index (χ0v) is 24.0. The van der Waals surface area contributed by atoms with Crippen molar-refractivity contribution in [2.75, 3.05) is 11.1 Å². The first kappa shape index (κ1) is 27.4. The maximum Gasteiger partial charge on any atom is 0.255 e. The average Bonchev–Trinajstić information content (AvgIpc) is 3.36. The van der Waals surface area contributed by atoms with Gasteiger partial charge in [-0.05, 0) is 85.1 Å². The van der Waals surface area contributed by atoms with Crippen molar-refractivity contribution in [2.45, 2.75) is 28.4 Å². The van der Waals surface area contributed by atoms with E-state index in [1.807, 2.05) is 60.7 Å². The minimum absolute atomic E-state index is 0.0344. The van der Waals surface area contributed by atoms with Crippen LogP contribution in [0, 0.1) is 0 Å². The summed E-state index contributed by atoms with van der Waals surface area (Å²) < 4.78 is 26.4. The standard InChI is InChI=1S/C30H25ClN2O3S3/c31-23-13-15-26(16-14-23)39(35,36)17-5-7-21-6-3-9-24(18-21)32-30(34)22-8-4-10-25(19-22)37-20-29-33-27-11-1-2-12-28(27)38-29/h1-4,6,8-16,18-19H,5,7,17,20H2,(H,32,34).